The van der Waals surface area contributed by atoms with Gasteiger partial charge in [-0.2, -0.15) is 17.4 Å². The van der Waals surface area contributed by atoms with Crippen molar-refractivity contribution < 1.29 is 23.1 Å². The van der Waals surface area contributed by atoms with Crippen molar-refractivity contribution in [1.82, 2.24) is 9.03 Å². The zero-order valence-corrected chi connectivity index (χ0v) is 17.1. The first-order chi connectivity index (χ1) is 11.9. The molecule has 0 bridgehead atoms. The van der Waals surface area contributed by atoms with Crippen LogP contribution in [0.25, 0.3) is 0 Å². The van der Waals surface area contributed by atoms with Crippen molar-refractivity contribution in [3.05, 3.63) is 12.2 Å². The lowest BCUT2D eigenvalue weighted by atomic mass is 10.1. The predicted octanol–water partition coefficient (Wildman–Crippen LogP) is 2.80. The lowest BCUT2D eigenvalue weighted by Gasteiger charge is -2.27. The SMILES string of the molecule is C/C=C/CC.CC.CCCCC(NS(=O)(=O)N1CCOCC1)C(=O)O. The summed E-state index contributed by atoms with van der Waals surface area (Å²) in [5.41, 5.74) is 0. The van der Waals surface area contributed by atoms with Crippen LogP contribution in [0.2, 0.25) is 0 Å². The molecule has 2 N–H and O–H groups in total. The van der Waals surface area contributed by atoms with Gasteiger partial charge in [-0.1, -0.05) is 52.7 Å². The van der Waals surface area contributed by atoms with E-state index in [9.17, 15) is 13.2 Å². The number of carboxylic acid groups (broad SMARTS) is 1. The van der Waals surface area contributed by atoms with Gasteiger partial charge in [0.05, 0.1) is 13.2 Å². The maximum absolute atomic E-state index is 12.0. The number of aliphatic carboxylic acids is 1. The van der Waals surface area contributed by atoms with Crippen molar-refractivity contribution in [3.63, 3.8) is 0 Å². The number of nitrogens with one attached hydrogen (secondary N) is 1. The van der Waals surface area contributed by atoms with Gasteiger partial charge in [0.15, 0.2) is 0 Å². The highest BCUT2D eigenvalue weighted by atomic mass is 32.2. The second-order valence-corrected chi connectivity index (χ2v) is 6.85. The molecule has 25 heavy (non-hydrogen) atoms. The fourth-order valence-electron chi connectivity index (χ4n) is 1.92. The molecule has 0 saturated carbocycles. The minimum atomic E-state index is -3.74. The summed E-state index contributed by atoms with van der Waals surface area (Å²) in [5, 5.41) is 8.99. The first kappa shape index (κ1) is 26.3. The van der Waals surface area contributed by atoms with Gasteiger partial charge in [0, 0.05) is 13.1 Å². The third kappa shape index (κ3) is 13.0. The molecule has 1 fully saturated rings. The molecule has 1 unspecified atom stereocenters. The van der Waals surface area contributed by atoms with E-state index < -0.39 is 22.2 Å². The van der Waals surface area contributed by atoms with Gasteiger partial charge in [0.1, 0.15) is 6.04 Å². The number of carbonyl (C=O) groups is 1. The highest BCUT2D eigenvalue weighted by Crippen LogP contribution is 2.07. The van der Waals surface area contributed by atoms with Gasteiger partial charge < -0.3 is 9.84 Å². The average molecular weight is 381 g/mol. The smallest absolute Gasteiger partial charge is 0.321 e. The first-order valence-electron chi connectivity index (χ1n) is 9.08. The Morgan fingerprint density at radius 1 is 1.28 bits per heavy atom. The molecule has 0 amide bonds. The normalized spacial score (nSPS) is 16.4. The molecule has 7 nitrogen and oxygen atoms in total. The molecule has 0 radical (unpaired) electrons. The van der Waals surface area contributed by atoms with E-state index in [4.69, 9.17) is 9.84 Å². The molecule has 1 atom stereocenters. The zero-order chi connectivity index (χ0) is 19.7. The minimum Gasteiger partial charge on any atom is -0.480 e. The molecule has 1 aliphatic heterocycles. The monoisotopic (exact) mass is 380 g/mol. The largest absolute Gasteiger partial charge is 0.480 e. The van der Waals surface area contributed by atoms with E-state index in [0.717, 1.165) is 12.8 Å². The second-order valence-electron chi connectivity index (χ2n) is 5.14. The second kappa shape index (κ2) is 16.5. The third-order valence-corrected chi connectivity index (χ3v) is 4.84. The average Bonchev–Trinajstić information content (AvgIpc) is 2.62. The summed E-state index contributed by atoms with van der Waals surface area (Å²) < 4.78 is 32.4. The van der Waals surface area contributed by atoms with E-state index in [1.54, 1.807) is 0 Å². The van der Waals surface area contributed by atoms with Gasteiger partial charge in [-0.15, -0.1) is 0 Å². The van der Waals surface area contributed by atoms with Crippen molar-refractivity contribution in [2.75, 3.05) is 26.3 Å². The molecule has 1 saturated heterocycles. The summed E-state index contributed by atoms with van der Waals surface area (Å²) in [4.78, 5) is 11.0. The van der Waals surface area contributed by atoms with Gasteiger partial charge in [-0.3, -0.25) is 4.79 Å². The van der Waals surface area contributed by atoms with Crippen LogP contribution in [0.5, 0.6) is 0 Å². The fourth-order valence-corrected chi connectivity index (χ4v) is 3.28. The number of unbranched alkanes of at least 4 members (excludes halogenated alkanes) is 1. The highest BCUT2D eigenvalue weighted by Gasteiger charge is 2.29. The van der Waals surface area contributed by atoms with Crippen LogP contribution < -0.4 is 4.72 Å². The van der Waals surface area contributed by atoms with E-state index in [1.807, 2.05) is 27.7 Å². The predicted molar refractivity (Wildman–Crippen MR) is 102 cm³/mol. The molecular formula is C17H36N2O5S. The van der Waals surface area contributed by atoms with Crippen LogP contribution in [0, 0.1) is 0 Å². The number of hydrogen-bond donors (Lipinski definition) is 2. The Morgan fingerprint density at radius 2 is 1.84 bits per heavy atom. The molecule has 0 spiro atoms. The van der Waals surface area contributed by atoms with Crippen molar-refractivity contribution in [1.29, 1.82) is 0 Å². The van der Waals surface area contributed by atoms with Crippen LogP contribution in [0.3, 0.4) is 0 Å². The number of hydrogen-bond acceptors (Lipinski definition) is 4. The van der Waals surface area contributed by atoms with E-state index in [0.29, 0.717) is 26.1 Å². The number of nitrogens with zero attached hydrogens (tertiary/aromatic N) is 1. The molecule has 1 heterocycles. The Hall–Kier alpha value is -0.960. The van der Waals surface area contributed by atoms with Crippen molar-refractivity contribution in [2.24, 2.45) is 0 Å². The van der Waals surface area contributed by atoms with E-state index in [1.165, 1.54) is 4.31 Å². The van der Waals surface area contributed by atoms with Crippen LogP contribution in [0.1, 0.15) is 60.3 Å². The molecular weight excluding hydrogens is 344 g/mol. The number of allylic oxidation sites excluding steroid dienone is 2. The Balaban J connectivity index is 0. The molecule has 1 rings (SSSR count). The fraction of sp³-hybridized carbons (Fsp3) is 0.824. The van der Waals surface area contributed by atoms with Crippen molar-refractivity contribution in [3.8, 4) is 0 Å². The van der Waals surface area contributed by atoms with Crippen LogP contribution >= 0.6 is 0 Å². The summed E-state index contributed by atoms with van der Waals surface area (Å²) >= 11 is 0. The zero-order valence-electron chi connectivity index (χ0n) is 16.3. The number of carboxylic acids is 1. The molecule has 0 aromatic rings. The summed E-state index contributed by atoms with van der Waals surface area (Å²) in [6, 6.07) is -1.06. The van der Waals surface area contributed by atoms with Gasteiger partial charge in [0.2, 0.25) is 0 Å². The number of morpholine rings is 1. The molecule has 0 aromatic heterocycles. The molecule has 0 aliphatic carbocycles. The van der Waals surface area contributed by atoms with Crippen LogP contribution in [0.4, 0.5) is 0 Å². The van der Waals surface area contributed by atoms with Crippen molar-refractivity contribution in [2.45, 2.75) is 66.3 Å². The van der Waals surface area contributed by atoms with Crippen LogP contribution in [-0.4, -0.2) is 56.1 Å². The number of ether oxygens (including phenoxy) is 1. The molecule has 1 aliphatic rings. The van der Waals surface area contributed by atoms with E-state index in [2.05, 4.69) is 23.8 Å². The van der Waals surface area contributed by atoms with E-state index >= 15 is 0 Å². The Morgan fingerprint density at radius 3 is 2.20 bits per heavy atom. The molecule has 150 valence electrons. The quantitative estimate of drug-likeness (QED) is 0.631. The summed E-state index contributed by atoms with van der Waals surface area (Å²) in [6.07, 6.45) is 7.14. The summed E-state index contributed by atoms with van der Waals surface area (Å²) in [7, 11) is -3.74. The Kier molecular flexibility index (Phi) is 17.3. The number of rotatable bonds is 8. The lowest BCUT2D eigenvalue weighted by Crippen LogP contribution is -2.51. The topological polar surface area (TPSA) is 95.9 Å². The van der Waals surface area contributed by atoms with Crippen LogP contribution in [-0.2, 0) is 19.7 Å². The summed E-state index contributed by atoms with van der Waals surface area (Å²) in [6.45, 7) is 11.3. The first-order valence-corrected chi connectivity index (χ1v) is 10.5. The van der Waals surface area contributed by atoms with E-state index in [-0.39, 0.29) is 13.1 Å². The Labute approximate surface area is 153 Å². The highest BCUT2D eigenvalue weighted by molar-refractivity contribution is 7.87. The summed E-state index contributed by atoms with van der Waals surface area (Å²) in [5.74, 6) is -1.14. The minimum absolute atomic E-state index is 0.259. The van der Waals surface area contributed by atoms with Crippen molar-refractivity contribution >= 4 is 16.2 Å². The van der Waals surface area contributed by atoms with Gasteiger partial charge >= 0.3 is 5.97 Å². The van der Waals surface area contributed by atoms with Crippen LogP contribution in [0.15, 0.2) is 12.2 Å². The Bertz CT molecular complexity index is 446. The van der Waals surface area contributed by atoms with Gasteiger partial charge in [-0.05, 0) is 19.8 Å². The molecule has 0 aromatic carbocycles. The molecule has 8 heteroatoms. The third-order valence-electron chi connectivity index (χ3n) is 3.22. The van der Waals surface area contributed by atoms with Gasteiger partial charge in [0.25, 0.3) is 10.2 Å². The van der Waals surface area contributed by atoms with Gasteiger partial charge in [-0.25, -0.2) is 0 Å². The standard InChI is InChI=1S/C10H20N2O5S.C5H10.C2H6/c1-2-3-4-9(10(13)14)11-18(15,16)12-5-7-17-8-6-12;1-3-5-4-2;1-2/h9,11H,2-8H2,1H3,(H,13,14);3,5H,4H2,1-2H3;1-2H3/b;5-3+;. The maximum Gasteiger partial charge on any atom is 0.321 e. The maximum atomic E-state index is 12.0. The lowest BCUT2D eigenvalue weighted by molar-refractivity contribution is -0.139.